The number of nitrogens with one attached hydrogen (secondary N) is 2. The molecule has 0 saturated heterocycles. The number of carbonyl (C=O) groups is 1. The Bertz CT molecular complexity index is 553. The summed E-state index contributed by atoms with van der Waals surface area (Å²) in [6.07, 6.45) is 1.80. The van der Waals surface area contributed by atoms with E-state index in [0.29, 0.717) is 30.2 Å². The zero-order valence-corrected chi connectivity index (χ0v) is 10.8. The van der Waals surface area contributed by atoms with Gasteiger partial charge in [0.25, 0.3) is 5.91 Å². The molecule has 2 aromatic rings. The maximum atomic E-state index is 12.0. The number of nitrogens with zero attached hydrogens (tertiary/aromatic N) is 3. The standard InChI is InChI=1S/C12H15N5O2/c1-8-5-9(6-11(13-2)16-8)12(18)14-4-3-10-15-7-19-17-10/h5-7H,3-4H2,1-2H3,(H,13,16)(H,14,18). The van der Waals surface area contributed by atoms with Crippen LogP contribution in [-0.2, 0) is 6.42 Å². The predicted molar refractivity (Wildman–Crippen MR) is 68.9 cm³/mol. The molecule has 2 rings (SSSR count). The maximum absolute atomic E-state index is 12.0. The van der Waals surface area contributed by atoms with Gasteiger partial charge in [0.2, 0.25) is 6.39 Å². The molecule has 0 aliphatic carbocycles. The van der Waals surface area contributed by atoms with E-state index in [4.69, 9.17) is 0 Å². The monoisotopic (exact) mass is 261 g/mol. The van der Waals surface area contributed by atoms with Crippen molar-refractivity contribution in [1.29, 1.82) is 0 Å². The molecule has 0 unspecified atom stereocenters. The van der Waals surface area contributed by atoms with Gasteiger partial charge >= 0.3 is 0 Å². The van der Waals surface area contributed by atoms with E-state index >= 15 is 0 Å². The third kappa shape index (κ3) is 3.51. The number of pyridine rings is 1. The Balaban J connectivity index is 1.94. The quantitative estimate of drug-likeness (QED) is 0.826. The van der Waals surface area contributed by atoms with Crippen molar-refractivity contribution in [1.82, 2.24) is 20.4 Å². The Morgan fingerprint density at radius 3 is 2.95 bits per heavy atom. The minimum Gasteiger partial charge on any atom is -0.373 e. The Kier molecular flexibility index (Phi) is 4.07. The minimum atomic E-state index is -0.148. The minimum absolute atomic E-state index is 0.148. The van der Waals surface area contributed by atoms with Crippen LogP contribution in [0.25, 0.3) is 0 Å². The molecule has 1 amide bonds. The van der Waals surface area contributed by atoms with Crippen LogP contribution in [0, 0.1) is 6.92 Å². The van der Waals surface area contributed by atoms with Gasteiger partial charge in [-0.25, -0.2) is 4.98 Å². The fourth-order valence-electron chi connectivity index (χ4n) is 1.62. The number of aromatic nitrogens is 3. The summed E-state index contributed by atoms with van der Waals surface area (Å²) in [5.74, 6) is 1.09. The van der Waals surface area contributed by atoms with Crippen molar-refractivity contribution in [2.45, 2.75) is 13.3 Å². The molecular weight excluding hydrogens is 246 g/mol. The number of aryl methyl sites for hydroxylation is 1. The highest BCUT2D eigenvalue weighted by molar-refractivity contribution is 5.94. The molecular formula is C12H15N5O2. The fourth-order valence-corrected chi connectivity index (χ4v) is 1.62. The first kappa shape index (κ1) is 13.0. The molecule has 2 aromatic heterocycles. The van der Waals surface area contributed by atoms with Crippen LogP contribution in [0.2, 0.25) is 0 Å². The normalized spacial score (nSPS) is 10.2. The summed E-state index contributed by atoms with van der Waals surface area (Å²) in [6.45, 7) is 2.30. The van der Waals surface area contributed by atoms with Gasteiger partial charge in [0.05, 0.1) is 0 Å². The van der Waals surface area contributed by atoms with E-state index in [1.165, 1.54) is 6.39 Å². The molecule has 100 valence electrons. The molecule has 0 aliphatic heterocycles. The zero-order chi connectivity index (χ0) is 13.7. The number of anilines is 1. The summed E-state index contributed by atoms with van der Waals surface area (Å²) in [7, 11) is 1.76. The van der Waals surface area contributed by atoms with Crippen LogP contribution in [0.5, 0.6) is 0 Å². The van der Waals surface area contributed by atoms with E-state index in [0.717, 1.165) is 5.69 Å². The SMILES string of the molecule is CNc1cc(C(=O)NCCc2ncon2)cc(C)n1. The summed E-state index contributed by atoms with van der Waals surface area (Å²) < 4.78 is 4.61. The van der Waals surface area contributed by atoms with Gasteiger partial charge in [-0.15, -0.1) is 0 Å². The maximum Gasteiger partial charge on any atom is 0.251 e. The lowest BCUT2D eigenvalue weighted by atomic mass is 10.2. The molecule has 0 aliphatic rings. The van der Waals surface area contributed by atoms with Crippen LogP contribution in [0.15, 0.2) is 23.0 Å². The highest BCUT2D eigenvalue weighted by Gasteiger charge is 2.08. The van der Waals surface area contributed by atoms with E-state index in [1.54, 1.807) is 19.2 Å². The molecule has 0 spiro atoms. The smallest absolute Gasteiger partial charge is 0.251 e. The highest BCUT2D eigenvalue weighted by atomic mass is 16.5. The van der Waals surface area contributed by atoms with Crippen LogP contribution >= 0.6 is 0 Å². The first-order valence-electron chi connectivity index (χ1n) is 5.89. The van der Waals surface area contributed by atoms with Crippen molar-refractivity contribution in [3.63, 3.8) is 0 Å². The number of rotatable bonds is 5. The third-order valence-electron chi connectivity index (χ3n) is 2.51. The van der Waals surface area contributed by atoms with Gasteiger partial charge in [-0.2, -0.15) is 4.98 Å². The van der Waals surface area contributed by atoms with Crippen LogP contribution in [-0.4, -0.2) is 34.6 Å². The van der Waals surface area contributed by atoms with Gasteiger partial charge in [0.15, 0.2) is 5.82 Å². The van der Waals surface area contributed by atoms with E-state index in [9.17, 15) is 4.79 Å². The molecule has 7 nitrogen and oxygen atoms in total. The van der Waals surface area contributed by atoms with Gasteiger partial charge in [0, 0.05) is 31.3 Å². The summed E-state index contributed by atoms with van der Waals surface area (Å²) >= 11 is 0. The van der Waals surface area contributed by atoms with E-state index in [-0.39, 0.29) is 5.91 Å². The third-order valence-corrected chi connectivity index (χ3v) is 2.51. The molecule has 0 radical (unpaired) electrons. The lowest BCUT2D eigenvalue weighted by molar-refractivity contribution is 0.0953. The Morgan fingerprint density at radius 2 is 2.26 bits per heavy atom. The molecule has 7 heteroatoms. The molecule has 19 heavy (non-hydrogen) atoms. The summed E-state index contributed by atoms with van der Waals surface area (Å²) in [5, 5.41) is 9.39. The van der Waals surface area contributed by atoms with Crippen molar-refractivity contribution >= 4 is 11.7 Å². The zero-order valence-electron chi connectivity index (χ0n) is 10.8. The number of carbonyl (C=O) groups excluding carboxylic acids is 1. The summed E-state index contributed by atoms with van der Waals surface area (Å²) in [6, 6.07) is 3.45. The highest BCUT2D eigenvalue weighted by Crippen LogP contribution is 2.09. The van der Waals surface area contributed by atoms with Crippen LogP contribution in [0.3, 0.4) is 0 Å². The summed E-state index contributed by atoms with van der Waals surface area (Å²) in [5.41, 5.74) is 1.36. The van der Waals surface area contributed by atoms with Crippen LogP contribution < -0.4 is 10.6 Å². The largest absolute Gasteiger partial charge is 0.373 e. The average Bonchev–Trinajstić information content (AvgIpc) is 2.91. The topological polar surface area (TPSA) is 92.9 Å². The number of hydrogen-bond donors (Lipinski definition) is 2. The lowest BCUT2D eigenvalue weighted by Crippen LogP contribution is -2.26. The first-order chi connectivity index (χ1) is 9.19. The van der Waals surface area contributed by atoms with Crippen LogP contribution in [0.1, 0.15) is 21.9 Å². The van der Waals surface area contributed by atoms with Gasteiger partial charge in [-0.05, 0) is 19.1 Å². The van der Waals surface area contributed by atoms with Crippen molar-refractivity contribution in [3.8, 4) is 0 Å². The molecule has 2 N–H and O–H groups in total. The van der Waals surface area contributed by atoms with Crippen molar-refractivity contribution in [2.75, 3.05) is 18.9 Å². The second-order valence-electron chi connectivity index (χ2n) is 3.99. The Labute approximate surface area is 110 Å². The lowest BCUT2D eigenvalue weighted by Gasteiger charge is -2.07. The van der Waals surface area contributed by atoms with E-state index in [1.807, 2.05) is 6.92 Å². The predicted octanol–water partition coefficient (Wildman–Crippen LogP) is 0.787. The van der Waals surface area contributed by atoms with E-state index < -0.39 is 0 Å². The number of hydrogen-bond acceptors (Lipinski definition) is 6. The molecule has 0 aromatic carbocycles. The van der Waals surface area contributed by atoms with Gasteiger partial charge < -0.3 is 15.2 Å². The van der Waals surface area contributed by atoms with Gasteiger partial charge in [-0.3, -0.25) is 4.79 Å². The number of amides is 1. The van der Waals surface area contributed by atoms with Crippen LogP contribution in [0.4, 0.5) is 5.82 Å². The molecule has 0 fully saturated rings. The molecule has 2 heterocycles. The fraction of sp³-hybridized carbons (Fsp3) is 0.333. The second kappa shape index (κ2) is 5.94. The molecule has 0 bridgehead atoms. The molecule has 0 saturated carbocycles. The first-order valence-corrected chi connectivity index (χ1v) is 5.89. The van der Waals surface area contributed by atoms with Gasteiger partial charge in [0.1, 0.15) is 5.82 Å². The average molecular weight is 261 g/mol. The summed E-state index contributed by atoms with van der Waals surface area (Å²) in [4.78, 5) is 20.1. The molecule has 0 atom stereocenters. The van der Waals surface area contributed by atoms with Gasteiger partial charge in [-0.1, -0.05) is 5.16 Å². The van der Waals surface area contributed by atoms with Crippen molar-refractivity contribution in [3.05, 3.63) is 35.6 Å². The Hall–Kier alpha value is -2.44. The van der Waals surface area contributed by atoms with Crippen molar-refractivity contribution in [2.24, 2.45) is 0 Å². The van der Waals surface area contributed by atoms with E-state index in [2.05, 4.69) is 30.3 Å². The van der Waals surface area contributed by atoms with Crippen molar-refractivity contribution < 1.29 is 9.32 Å². The Morgan fingerprint density at radius 1 is 1.42 bits per heavy atom. The second-order valence-corrected chi connectivity index (χ2v) is 3.99.